The molecule has 0 fully saturated rings. The first-order valence-electron chi connectivity index (χ1n) is 9.76. The van der Waals surface area contributed by atoms with Gasteiger partial charge in [0.2, 0.25) is 5.88 Å². The first-order valence-corrected chi connectivity index (χ1v) is 10.1. The molecule has 2 heterocycles. The van der Waals surface area contributed by atoms with E-state index >= 15 is 0 Å². The first-order chi connectivity index (χ1) is 15.1. The lowest BCUT2D eigenvalue weighted by Crippen LogP contribution is -2.42. The SMILES string of the molecule is CCN(C(=O)c1cccc(Cl)c1-n1nccn1)[C@@H](C)COc1ncc(C(C)(F)F)cc1F. The van der Waals surface area contributed by atoms with Crippen molar-refractivity contribution in [3.05, 3.63) is 64.8 Å². The summed E-state index contributed by atoms with van der Waals surface area (Å²) in [6, 6.07) is 5.05. The third kappa shape index (κ3) is 5.01. The molecule has 0 spiro atoms. The predicted molar refractivity (Wildman–Crippen MR) is 112 cm³/mol. The number of carbonyl (C=O) groups excluding carboxylic acids is 1. The van der Waals surface area contributed by atoms with E-state index in [0.29, 0.717) is 30.2 Å². The second-order valence-electron chi connectivity index (χ2n) is 7.11. The molecule has 1 atom stereocenters. The summed E-state index contributed by atoms with van der Waals surface area (Å²) in [5.41, 5.74) is 0.0576. The third-order valence-corrected chi connectivity index (χ3v) is 5.05. The van der Waals surface area contributed by atoms with E-state index in [-0.39, 0.29) is 18.1 Å². The molecule has 0 saturated heterocycles. The summed E-state index contributed by atoms with van der Waals surface area (Å²) >= 11 is 6.30. The van der Waals surface area contributed by atoms with Crippen molar-refractivity contribution in [2.45, 2.75) is 32.7 Å². The molecule has 32 heavy (non-hydrogen) atoms. The number of carbonyl (C=O) groups is 1. The van der Waals surface area contributed by atoms with Crippen LogP contribution in [0.5, 0.6) is 5.88 Å². The normalized spacial score (nSPS) is 12.5. The minimum atomic E-state index is -3.22. The van der Waals surface area contributed by atoms with E-state index in [1.807, 2.05) is 0 Å². The number of para-hydroxylation sites is 1. The summed E-state index contributed by atoms with van der Waals surface area (Å²) in [6.07, 6.45) is 3.79. The van der Waals surface area contributed by atoms with E-state index in [1.165, 1.54) is 22.1 Å². The third-order valence-electron chi connectivity index (χ3n) is 4.75. The zero-order valence-corrected chi connectivity index (χ0v) is 18.4. The number of aromatic nitrogens is 4. The molecule has 0 bridgehead atoms. The van der Waals surface area contributed by atoms with Crippen LogP contribution in [0, 0.1) is 5.82 Å². The van der Waals surface area contributed by atoms with Crippen molar-refractivity contribution in [3.63, 3.8) is 0 Å². The van der Waals surface area contributed by atoms with Crippen molar-refractivity contribution in [1.82, 2.24) is 24.9 Å². The number of hydrogen-bond acceptors (Lipinski definition) is 5. The average Bonchev–Trinajstić information content (AvgIpc) is 3.26. The van der Waals surface area contributed by atoms with Crippen LogP contribution in [0.15, 0.2) is 42.9 Å². The molecular weight excluding hydrogens is 447 g/mol. The van der Waals surface area contributed by atoms with Gasteiger partial charge in [0.15, 0.2) is 5.82 Å². The molecule has 0 aliphatic heterocycles. The van der Waals surface area contributed by atoms with Crippen molar-refractivity contribution in [1.29, 1.82) is 0 Å². The molecule has 3 rings (SSSR count). The van der Waals surface area contributed by atoms with Crippen molar-refractivity contribution < 1.29 is 22.7 Å². The topological polar surface area (TPSA) is 73.1 Å². The van der Waals surface area contributed by atoms with E-state index in [2.05, 4.69) is 15.2 Å². The molecule has 0 unspecified atom stereocenters. The van der Waals surface area contributed by atoms with Gasteiger partial charge in [0, 0.05) is 25.2 Å². The molecule has 1 amide bonds. The Balaban J connectivity index is 1.78. The quantitative estimate of drug-likeness (QED) is 0.488. The highest BCUT2D eigenvalue weighted by Gasteiger charge is 2.28. The molecule has 0 saturated carbocycles. The van der Waals surface area contributed by atoms with Crippen molar-refractivity contribution in [3.8, 4) is 11.6 Å². The number of ether oxygens (including phenoxy) is 1. The molecule has 3 aromatic rings. The minimum Gasteiger partial charge on any atom is -0.473 e. The van der Waals surface area contributed by atoms with E-state index < -0.39 is 29.2 Å². The fraction of sp³-hybridized carbons (Fsp3) is 0.333. The molecule has 1 aromatic carbocycles. The Morgan fingerprint density at radius 1 is 1.31 bits per heavy atom. The summed E-state index contributed by atoms with van der Waals surface area (Å²) in [7, 11) is 0. The van der Waals surface area contributed by atoms with Gasteiger partial charge >= 0.3 is 0 Å². The van der Waals surface area contributed by atoms with Gasteiger partial charge in [-0.15, -0.1) is 4.80 Å². The molecule has 0 aliphatic rings. The Bertz CT molecular complexity index is 1090. The number of hydrogen-bond donors (Lipinski definition) is 0. The summed E-state index contributed by atoms with van der Waals surface area (Å²) in [5, 5.41) is 8.40. The van der Waals surface area contributed by atoms with Gasteiger partial charge in [-0.1, -0.05) is 17.7 Å². The van der Waals surface area contributed by atoms with Crippen LogP contribution in [0.2, 0.25) is 5.02 Å². The molecular formula is C21H21ClF3N5O2. The maximum Gasteiger partial charge on any atom is 0.272 e. The number of benzene rings is 1. The highest BCUT2D eigenvalue weighted by atomic mass is 35.5. The Labute approximate surface area is 187 Å². The molecule has 0 aliphatic carbocycles. The van der Waals surface area contributed by atoms with Gasteiger partial charge in [-0.3, -0.25) is 4.79 Å². The Kier molecular flexibility index (Phi) is 7.02. The highest BCUT2D eigenvalue weighted by Crippen LogP contribution is 2.29. The number of alkyl halides is 2. The van der Waals surface area contributed by atoms with E-state index in [9.17, 15) is 18.0 Å². The summed E-state index contributed by atoms with van der Waals surface area (Å²) < 4.78 is 46.2. The van der Waals surface area contributed by atoms with Gasteiger partial charge in [0.05, 0.1) is 29.0 Å². The molecule has 11 heteroatoms. The molecule has 2 aromatic heterocycles. The van der Waals surface area contributed by atoms with Crippen LogP contribution < -0.4 is 4.74 Å². The zero-order chi connectivity index (χ0) is 23.5. The van der Waals surface area contributed by atoms with Crippen molar-refractivity contribution in [2.24, 2.45) is 0 Å². The standard InChI is InChI=1S/C21H21ClF3N5O2/c1-4-29(13(2)12-32-19-17(23)10-14(11-26-19)21(3,24)25)20(31)15-6-5-7-16(22)18(15)30-27-8-9-28-30/h5-11,13H,4,12H2,1-3H3/t13-/m0/s1. The number of amides is 1. The van der Waals surface area contributed by atoms with Crippen LogP contribution in [-0.4, -0.2) is 50.0 Å². The Morgan fingerprint density at radius 3 is 2.59 bits per heavy atom. The summed E-state index contributed by atoms with van der Waals surface area (Å²) in [5.74, 6) is -5.00. The van der Waals surface area contributed by atoms with Gasteiger partial charge < -0.3 is 9.64 Å². The second-order valence-corrected chi connectivity index (χ2v) is 7.51. The molecule has 170 valence electrons. The van der Waals surface area contributed by atoms with Gasteiger partial charge in [-0.2, -0.15) is 10.2 Å². The molecule has 0 radical (unpaired) electrons. The van der Waals surface area contributed by atoms with Crippen LogP contribution in [0.4, 0.5) is 13.2 Å². The van der Waals surface area contributed by atoms with Crippen LogP contribution in [0.25, 0.3) is 5.69 Å². The van der Waals surface area contributed by atoms with Crippen molar-refractivity contribution >= 4 is 17.5 Å². The fourth-order valence-corrected chi connectivity index (χ4v) is 3.34. The fourth-order valence-electron chi connectivity index (χ4n) is 3.09. The maximum atomic E-state index is 14.2. The van der Waals surface area contributed by atoms with Gasteiger partial charge in [0.1, 0.15) is 12.3 Å². The molecule has 0 N–H and O–H groups in total. The lowest BCUT2D eigenvalue weighted by atomic mass is 10.1. The summed E-state index contributed by atoms with van der Waals surface area (Å²) in [4.78, 5) is 19.7. The lowest BCUT2D eigenvalue weighted by molar-refractivity contribution is 0.0165. The van der Waals surface area contributed by atoms with Gasteiger partial charge in [-0.05, 0) is 32.0 Å². The number of halogens is 4. The van der Waals surface area contributed by atoms with Gasteiger partial charge in [-0.25, -0.2) is 18.2 Å². The van der Waals surface area contributed by atoms with E-state index in [1.54, 1.807) is 32.0 Å². The number of rotatable bonds is 8. The molecule has 7 nitrogen and oxygen atoms in total. The lowest BCUT2D eigenvalue weighted by Gasteiger charge is -2.28. The number of nitrogens with zero attached hydrogens (tertiary/aromatic N) is 5. The van der Waals surface area contributed by atoms with Crippen LogP contribution >= 0.6 is 11.6 Å². The van der Waals surface area contributed by atoms with E-state index in [0.717, 1.165) is 6.20 Å². The van der Waals surface area contributed by atoms with E-state index in [4.69, 9.17) is 16.3 Å². The number of likely N-dealkylation sites (N-methyl/N-ethyl adjacent to an activating group) is 1. The van der Waals surface area contributed by atoms with Crippen LogP contribution in [0.1, 0.15) is 36.7 Å². The predicted octanol–water partition coefficient (Wildman–Crippen LogP) is 4.50. The zero-order valence-electron chi connectivity index (χ0n) is 17.6. The monoisotopic (exact) mass is 467 g/mol. The van der Waals surface area contributed by atoms with Crippen LogP contribution in [0.3, 0.4) is 0 Å². The Hall–Kier alpha value is -3.14. The average molecular weight is 468 g/mol. The van der Waals surface area contributed by atoms with Crippen molar-refractivity contribution in [2.75, 3.05) is 13.2 Å². The number of pyridine rings is 1. The first kappa shape index (κ1) is 23.5. The highest BCUT2D eigenvalue weighted by molar-refractivity contribution is 6.33. The largest absolute Gasteiger partial charge is 0.473 e. The van der Waals surface area contributed by atoms with Gasteiger partial charge in [0.25, 0.3) is 11.8 Å². The smallest absolute Gasteiger partial charge is 0.272 e. The maximum absolute atomic E-state index is 14.2. The summed E-state index contributed by atoms with van der Waals surface area (Å²) in [6.45, 7) is 4.35. The Morgan fingerprint density at radius 2 is 2.00 bits per heavy atom. The minimum absolute atomic E-state index is 0.110. The van der Waals surface area contributed by atoms with Crippen LogP contribution in [-0.2, 0) is 5.92 Å². The second kappa shape index (κ2) is 9.56.